The van der Waals surface area contributed by atoms with Gasteiger partial charge in [-0.2, -0.15) is 0 Å². The van der Waals surface area contributed by atoms with E-state index in [2.05, 4.69) is 4.74 Å². The highest BCUT2D eigenvalue weighted by atomic mass is 16.5. The number of methoxy groups -OCH3 is 1. The number of fused-ring (bicyclic) bond motifs is 1. The summed E-state index contributed by atoms with van der Waals surface area (Å²) in [7, 11) is 1.28. The molecule has 1 N–H and O–H groups in total. The van der Waals surface area contributed by atoms with Crippen molar-refractivity contribution in [2.24, 2.45) is 0 Å². The summed E-state index contributed by atoms with van der Waals surface area (Å²) in [5, 5.41) is 10.4. The summed E-state index contributed by atoms with van der Waals surface area (Å²) in [6.45, 7) is 0.384. The van der Waals surface area contributed by atoms with Gasteiger partial charge in [-0.3, -0.25) is 0 Å². The Kier molecular flexibility index (Phi) is 3.20. The first-order chi connectivity index (χ1) is 9.70. The average Bonchev–Trinajstić information content (AvgIpc) is 3.12. The summed E-state index contributed by atoms with van der Waals surface area (Å²) in [6.07, 6.45) is -0.864. The number of esters is 1. The predicted octanol–water partition coefficient (Wildman–Crippen LogP) is 2.28. The molecule has 104 valence electrons. The fraction of sp³-hybridized carbons (Fsp3) is 0.267. The van der Waals surface area contributed by atoms with Crippen LogP contribution in [-0.4, -0.2) is 24.8 Å². The first kappa shape index (κ1) is 12.7. The molecule has 1 aromatic carbocycles. The van der Waals surface area contributed by atoms with Crippen molar-refractivity contribution in [2.45, 2.75) is 12.0 Å². The van der Waals surface area contributed by atoms with Gasteiger partial charge >= 0.3 is 5.97 Å². The van der Waals surface area contributed by atoms with Crippen molar-refractivity contribution >= 4 is 5.97 Å². The fourth-order valence-electron chi connectivity index (χ4n) is 2.37. The van der Waals surface area contributed by atoms with Crippen molar-refractivity contribution in [1.82, 2.24) is 0 Å². The van der Waals surface area contributed by atoms with E-state index < -0.39 is 12.1 Å². The van der Waals surface area contributed by atoms with Gasteiger partial charge in [0.15, 0.2) is 0 Å². The molecule has 2 heterocycles. The molecule has 0 aliphatic carbocycles. The molecule has 5 nitrogen and oxygen atoms in total. The Labute approximate surface area is 115 Å². The van der Waals surface area contributed by atoms with Gasteiger partial charge in [-0.1, -0.05) is 18.2 Å². The molecular weight excluding hydrogens is 260 g/mol. The third-order valence-corrected chi connectivity index (χ3v) is 3.42. The second kappa shape index (κ2) is 5.02. The number of ether oxygens (including phenoxy) is 2. The van der Waals surface area contributed by atoms with Crippen LogP contribution in [0.15, 0.2) is 40.8 Å². The highest BCUT2D eigenvalue weighted by Gasteiger charge is 2.33. The number of hydrogen-bond acceptors (Lipinski definition) is 5. The van der Waals surface area contributed by atoms with E-state index >= 15 is 0 Å². The summed E-state index contributed by atoms with van der Waals surface area (Å²) in [4.78, 5) is 11.3. The standard InChI is InChI=1S/C15H14O5/c1-18-15(17)13-7-6-12(20-13)14(16)10-8-19-11-5-3-2-4-9(10)11/h2-7,10,14,16H,8H2,1H3. The topological polar surface area (TPSA) is 68.9 Å². The van der Waals surface area contributed by atoms with Crippen LogP contribution in [0.3, 0.4) is 0 Å². The van der Waals surface area contributed by atoms with Crippen LogP contribution >= 0.6 is 0 Å². The molecule has 2 atom stereocenters. The van der Waals surface area contributed by atoms with Crippen LogP contribution < -0.4 is 4.74 Å². The van der Waals surface area contributed by atoms with Crippen molar-refractivity contribution in [3.8, 4) is 5.75 Å². The SMILES string of the molecule is COC(=O)c1ccc(C(O)C2COc3ccccc32)o1. The lowest BCUT2D eigenvalue weighted by molar-refractivity contribution is 0.0548. The highest BCUT2D eigenvalue weighted by Crippen LogP contribution is 2.41. The molecule has 0 bridgehead atoms. The number of para-hydroxylation sites is 1. The number of carbonyl (C=O) groups excluding carboxylic acids is 1. The van der Waals surface area contributed by atoms with Gasteiger partial charge in [0.1, 0.15) is 17.6 Å². The van der Waals surface area contributed by atoms with Crippen LogP contribution in [0.25, 0.3) is 0 Å². The second-order valence-corrected chi connectivity index (χ2v) is 4.59. The quantitative estimate of drug-likeness (QED) is 0.869. The maximum Gasteiger partial charge on any atom is 0.373 e. The van der Waals surface area contributed by atoms with Gasteiger partial charge in [-0.25, -0.2) is 4.79 Å². The molecule has 5 heteroatoms. The Morgan fingerprint density at radius 1 is 1.35 bits per heavy atom. The molecule has 0 amide bonds. The van der Waals surface area contributed by atoms with Gasteiger partial charge in [0.2, 0.25) is 5.76 Å². The Bertz CT molecular complexity index is 631. The minimum Gasteiger partial charge on any atom is -0.493 e. The Morgan fingerprint density at radius 2 is 2.15 bits per heavy atom. The predicted molar refractivity (Wildman–Crippen MR) is 69.7 cm³/mol. The largest absolute Gasteiger partial charge is 0.493 e. The smallest absolute Gasteiger partial charge is 0.373 e. The first-order valence-electron chi connectivity index (χ1n) is 6.28. The number of aliphatic hydroxyl groups excluding tert-OH is 1. The van der Waals surface area contributed by atoms with E-state index in [1.54, 1.807) is 6.07 Å². The Morgan fingerprint density at radius 3 is 2.95 bits per heavy atom. The fourth-order valence-corrected chi connectivity index (χ4v) is 2.37. The highest BCUT2D eigenvalue weighted by molar-refractivity contribution is 5.86. The lowest BCUT2D eigenvalue weighted by Gasteiger charge is -2.14. The minimum atomic E-state index is -0.864. The maximum atomic E-state index is 11.3. The Hall–Kier alpha value is -2.27. The normalized spacial score (nSPS) is 18.2. The summed E-state index contributed by atoms with van der Waals surface area (Å²) in [5.41, 5.74) is 0.941. The van der Waals surface area contributed by atoms with Crippen LogP contribution in [0.5, 0.6) is 5.75 Å². The maximum absolute atomic E-state index is 11.3. The van der Waals surface area contributed by atoms with Gasteiger partial charge in [0.25, 0.3) is 0 Å². The van der Waals surface area contributed by atoms with Gasteiger partial charge in [0.05, 0.1) is 19.6 Å². The van der Waals surface area contributed by atoms with Crippen molar-refractivity contribution in [1.29, 1.82) is 0 Å². The van der Waals surface area contributed by atoms with Crippen LogP contribution in [0.2, 0.25) is 0 Å². The van der Waals surface area contributed by atoms with Crippen LogP contribution in [0.4, 0.5) is 0 Å². The zero-order valence-corrected chi connectivity index (χ0v) is 10.9. The number of rotatable bonds is 3. The molecule has 0 saturated heterocycles. The molecule has 0 radical (unpaired) electrons. The summed E-state index contributed by atoms with van der Waals surface area (Å²) in [6, 6.07) is 10.6. The summed E-state index contributed by atoms with van der Waals surface area (Å²) in [5.74, 6) is 0.412. The van der Waals surface area contributed by atoms with Gasteiger partial charge in [-0.15, -0.1) is 0 Å². The van der Waals surface area contributed by atoms with Crippen molar-refractivity contribution in [2.75, 3.05) is 13.7 Å². The second-order valence-electron chi connectivity index (χ2n) is 4.59. The molecule has 1 aliphatic heterocycles. The van der Waals surface area contributed by atoms with E-state index in [1.807, 2.05) is 24.3 Å². The zero-order valence-electron chi connectivity index (χ0n) is 10.9. The van der Waals surface area contributed by atoms with Crippen LogP contribution in [0.1, 0.15) is 33.9 Å². The molecule has 2 unspecified atom stereocenters. The van der Waals surface area contributed by atoms with E-state index in [0.29, 0.717) is 12.4 Å². The van der Waals surface area contributed by atoms with Gasteiger partial charge in [0, 0.05) is 5.56 Å². The van der Waals surface area contributed by atoms with Crippen molar-refractivity contribution in [3.05, 3.63) is 53.5 Å². The van der Waals surface area contributed by atoms with Gasteiger partial charge < -0.3 is 19.0 Å². The number of aliphatic hydroxyl groups is 1. The minimum absolute atomic E-state index is 0.0775. The molecular formula is C15H14O5. The molecule has 0 spiro atoms. The van der Waals surface area contributed by atoms with Crippen LogP contribution in [-0.2, 0) is 4.74 Å². The Balaban J connectivity index is 1.85. The lowest BCUT2D eigenvalue weighted by Crippen LogP contribution is -2.11. The first-order valence-corrected chi connectivity index (χ1v) is 6.28. The van der Waals surface area contributed by atoms with E-state index in [4.69, 9.17) is 9.15 Å². The molecule has 0 saturated carbocycles. The van der Waals surface area contributed by atoms with E-state index in [1.165, 1.54) is 13.2 Å². The number of benzene rings is 1. The summed E-state index contributed by atoms with van der Waals surface area (Å²) >= 11 is 0. The molecule has 3 rings (SSSR count). The molecule has 0 fully saturated rings. The summed E-state index contributed by atoms with van der Waals surface area (Å²) < 4.78 is 15.5. The van der Waals surface area contributed by atoms with Crippen LogP contribution in [0, 0.1) is 0 Å². The zero-order chi connectivity index (χ0) is 14.1. The number of carbonyl (C=O) groups is 1. The van der Waals surface area contributed by atoms with E-state index in [-0.39, 0.29) is 11.7 Å². The molecule has 2 aromatic rings. The number of hydrogen-bond donors (Lipinski definition) is 1. The third kappa shape index (κ3) is 2.06. The third-order valence-electron chi connectivity index (χ3n) is 3.42. The molecule has 1 aromatic heterocycles. The van der Waals surface area contributed by atoms with Crippen molar-refractivity contribution in [3.63, 3.8) is 0 Å². The van der Waals surface area contributed by atoms with Crippen molar-refractivity contribution < 1.29 is 23.8 Å². The molecule has 1 aliphatic rings. The average molecular weight is 274 g/mol. The molecule has 20 heavy (non-hydrogen) atoms. The number of furan rings is 1. The van der Waals surface area contributed by atoms with E-state index in [9.17, 15) is 9.90 Å². The van der Waals surface area contributed by atoms with E-state index in [0.717, 1.165) is 11.3 Å². The van der Waals surface area contributed by atoms with Gasteiger partial charge in [-0.05, 0) is 18.2 Å². The monoisotopic (exact) mass is 274 g/mol. The lowest BCUT2D eigenvalue weighted by atomic mass is 9.94.